The Kier molecular flexibility index (Phi) is 4.93. The molecule has 2 N–H and O–H groups in total. The first-order valence-corrected chi connectivity index (χ1v) is 7.31. The van der Waals surface area contributed by atoms with Gasteiger partial charge in [-0.05, 0) is 6.26 Å². The van der Waals surface area contributed by atoms with Gasteiger partial charge >= 0.3 is 12.1 Å². The Hall–Kier alpha value is -2.36. The van der Waals surface area contributed by atoms with Crippen molar-refractivity contribution in [3.8, 4) is 0 Å². The monoisotopic (exact) mass is 311 g/mol. The molecule has 0 saturated heterocycles. The van der Waals surface area contributed by atoms with E-state index in [9.17, 15) is 9.59 Å². The predicted octanol–water partition coefficient (Wildman–Crippen LogP) is 0.822. The van der Waals surface area contributed by atoms with E-state index in [0.29, 0.717) is 16.9 Å². The molecule has 0 atom stereocenters. The van der Waals surface area contributed by atoms with Crippen LogP contribution in [0.2, 0.25) is 0 Å². The van der Waals surface area contributed by atoms with Crippen LogP contribution in [0, 0.1) is 0 Å². The summed E-state index contributed by atoms with van der Waals surface area (Å²) in [6.07, 6.45) is 3.82. The molecule has 0 fully saturated rings. The SMILES string of the molecule is CSCCOC(=O)Nc1ncnc2c1ncn2CC(=O)O. The summed E-state index contributed by atoms with van der Waals surface area (Å²) in [7, 11) is 0. The van der Waals surface area contributed by atoms with Gasteiger partial charge < -0.3 is 14.4 Å². The van der Waals surface area contributed by atoms with Gasteiger partial charge in [-0.3, -0.25) is 10.1 Å². The average molecular weight is 311 g/mol. The van der Waals surface area contributed by atoms with Gasteiger partial charge in [0.2, 0.25) is 0 Å². The van der Waals surface area contributed by atoms with E-state index in [2.05, 4.69) is 20.3 Å². The fourth-order valence-corrected chi connectivity index (χ4v) is 1.83. The first-order valence-electron chi connectivity index (χ1n) is 5.92. The molecule has 2 rings (SSSR count). The fourth-order valence-electron chi connectivity index (χ4n) is 1.58. The maximum absolute atomic E-state index is 11.6. The molecule has 1 amide bonds. The lowest BCUT2D eigenvalue weighted by atomic mass is 10.5. The lowest BCUT2D eigenvalue weighted by Gasteiger charge is -2.06. The summed E-state index contributed by atoms with van der Waals surface area (Å²) in [6.45, 7) is 0.0137. The molecule has 0 unspecified atom stereocenters. The van der Waals surface area contributed by atoms with Gasteiger partial charge in [-0.2, -0.15) is 11.8 Å². The number of nitrogens with zero attached hydrogens (tertiary/aromatic N) is 4. The van der Waals surface area contributed by atoms with Gasteiger partial charge in [0.15, 0.2) is 17.0 Å². The van der Waals surface area contributed by atoms with Crippen LogP contribution in [0.5, 0.6) is 0 Å². The second-order valence-electron chi connectivity index (χ2n) is 3.91. The predicted molar refractivity (Wildman–Crippen MR) is 76.3 cm³/mol. The van der Waals surface area contributed by atoms with Crippen LogP contribution in [0.15, 0.2) is 12.7 Å². The first kappa shape index (κ1) is 15.0. The molecule has 2 aromatic heterocycles. The number of hydrogen-bond donors (Lipinski definition) is 2. The van der Waals surface area contributed by atoms with Crippen LogP contribution in [0.3, 0.4) is 0 Å². The molecule has 0 spiro atoms. The normalized spacial score (nSPS) is 10.5. The summed E-state index contributed by atoms with van der Waals surface area (Å²) in [5, 5.41) is 11.3. The number of hydrogen-bond acceptors (Lipinski definition) is 7. The van der Waals surface area contributed by atoms with Crippen molar-refractivity contribution >= 4 is 40.8 Å². The number of nitrogens with one attached hydrogen (secondary N) is 1. The molecular weight excluding hydrogens is 298 g/mol. The Morgan fingerprint density at radius 2 is 2.24 bits per heavy atom. The zero-order chi connectivity index (χ0) is 15.2. The number of aromatic nitrogens is 4. The molecule has 2 heterocycles. The highest BCUT2D eigenvalue weighted by Gasteiger charge is 2.14. The smallest absolute Gasteiger partial charge is 0.412 e. The summed E-state index contributed by atoms with van der Waals surface area (Å²) in [5.74, 6) is -0.142. The lowest BCUT2D eigenvalue weighted by molar-refractivity contribution is -0.137. The standard InChI is InChI=1S/C11H13N5O4S/c1-21-3-2-20-11(19)15-9-8-10(13-5-12-9)16(6-14-8)4-7(17)18/h5-6H,2-4H2,1H3,(H,17,18)(H,12,13,15,19). The molecule has 0 aromatic carbocycles. The Balaban J connectivity index is 2.15. The highest BCUT2D eigenvalue weighted by atomic mass is 32.2. The van der Waals surface area contributed by atoms with E-state index in [4.69, 9.17) is 9.84 Å². The number of amides is 1. The van der Waals surface area contributed by atoms with Gasteiger partial charge in [-0.15, -0.1) is 0 Å². The van der Waals surface area contributed by atoms with Gasteiger partial charge in [-0.1, -0.05) is 0 Å². The minimum atomic E-state index is -1.01. The van der Waals surface area contributed by atoms with Crippen molar-refractivity contribution in [2.45, 2.75) is 6.54 Å². The third-order valence-electron chi connectivity index (χ3n) is 2.45. The van der Waals surface area contributed by atoms with Gasteiger partial charge in [0.25, 0.3) is 0 Å². The first-order chi connectivity index (χ1) is 10.1. The van der Waals surface area contributed by atoms with E-state index in [-0.39, 0.29) is 19.0 Å². The van der Waals surface area contributed by atoms with E-state index in [1.54, 1.807) is 11.8 Å². The molecule has 0 aliphatic carbocycles. The van der Waals surface area contributed by atoms with Gasteiger partial charge in [-0.25, -0.2) is 19.7 Å². The number of carbonyl (C=O) groups excluding carboxylic acids is 1. The van der Waals surface area contributed by atoms with Crippen molar-refractivity contribution in [3.05, 3.63) is 12.7 Å². The molecule has 2 aromatic rings. The van der Waals surface area contributed by atoms with Crippen molar-refractivity contribution in [1.82, 2.24) is 19.5 Å². The quantitative estimate of drug-likeness (QED) is 0.753. The molecule has 0 saturated carbocycles. The van der Waals surface area contributed by atoms with E-state index >= 15 is 0 Å². The van der Waals surface area contributed by atoms with Gasteiger partial charge in [0.1, 0.15) is 19.5 Å². The van der Waals surface area contributed by atoms with Crippen LogP contribution in [0.1, 0.15) is 0 Å². The maximum atomic E-state index is 11.6. The Bertz CT molecular complexity index is 659. The van der Waals surface area contributed by atoms with Crippen LogP contribution in [0.4, 0.5) is 10.6 Å². The molecule has 0 aliphatic heterocycles. The van der Waals surface area contributed by atoms with Crippen molar-refractivity contribution < 1.29 is 19.4 Å². The maximum Gasteiger partial charge on any atom is 0.412 e. The van der Waals surface area contributed by atoms with Crippen LogP contribution < -0.4 is 5.32 Å². The fraction of sp³-hybridized carbons (Fsp3) is 0.364. The number of thioether (sulfide) groups is 1. The van der Waals surface area contributed by atoms with Crippen molar-refractivity contribution in [2.75, 3.05) is 23.9 Å². The van der Waals surface area contributed by atoms with Crippen LogP contribution in [0.25, 0.3) is 11.2 Å². The molecule has 21 heavy (non-hydrogen) atoms. The summed E-state index contributed by atoms with van der Waals surface area (Å²) < 4.78 is 6.30. The van der Waals surface area contributed by atoms with E-state index in [1.165, 1.54) is 17.2 Å². The molecule has 0 bridgehead atoms. The van der Waals surface area contributed by atoms with Crippen molar-refractivity contribution in [1.29, 1.82) is 0 Å². The third-order valence-corrected chi connectivity index (χ3v) is 3.02. The molecule has 112 valence electrons. The number of rotatable bonds is 6. The number of carboxylic acids is 1. The Morgan fingerprint density at radius 1 is 1.43 bits per heavy atom. The van der Waals surface area contributed by atoms with Crippen LogP contribution >= 0.6 is 11.8 Å². The average Bonchev–Trinajstić information content (AvgIpc) is 2.83. The number of imidazole rings is 1. The number of fused-ring (bicyclic) bond motifs is 1. The van der Waals surface area contributed by atoms with Crippen LogP contribution in [-0.2, 0) is 16.1 Å². The number of anilines is 1. The van der Waals surface area contributed by atoms with E-state index in [0.717, 1.165) is 0 Å². The van der Waals surface area contributed by atoms with Gasteiger partial charge in [0, 0.05) is 5.75 Å². The molecule has 0 aliphatic rings. The zero-order valence-corrected chi connectivity index (χ0v) is 12.0. The van der Waals surface area contributed by atoms with Crippen molar-refractivity contribution in [3.63, 3.8) is 0 Å². The Labute approximate surface area is 123 Å². The number of ether oxygens (including phenoxy) is 1. The highest BCUT2D eigenvalue weighted by molar-refractivity contribution is 7.98. The van der Waals surface area contributed by atoms with Crippen LogP contribution in [-0.4, -0.2) is 55.3 Å². The van der Waals surface area contributed by atoms with Crippen molar-refractivity contribution in [2.24, 2.45) is 0 Å². The second-order valence-corrected chi connectivity index (χ2v) is 4.90. The number of carboxylic acid groups (broad SMARTS) is 1. The summed E-state index contributed by atoms with van der Waals surface area (Å²) in [6, 6.07) is 0. The molecule has 10 heteroatoms. The minimum absolute atomic E-state index is 0.179. The van der Waals surface area contributed by atoms with E-state index in [1.807, 2.05) is 6.26 Å². The largest absolute Gasteiger partial charge is 0.480 e. The molecule has 0 radical (unpaired) electrons. The summed E-state index contributed by atoms with van der Waals surface area (Å²) >= 11 is 1.56. The molecular formula is C11H13N5O4S. The van der Waals surface area contributed by atoms with E-state index < -0.39 is 12.1 Å². The minimum Gasteiger partial charge on any atom is -0.480 e. The zero-order valence-electron chi connectivity index (χ0n) is 11.1. The second kappa shape index (κ2) is 6.88. The molecule has 9 nitrogen and oxygen atoms in total. The summed E-state index contributed by atoms with van der Waals surface area (Å²) in [5.41, 5.74) is 0.632. The highest BCUT2D eigenvalue weighted by Crippen LogP contribution is 2.17. The third kappa shape index (κ3) is 3.81. The lowest BCUT2D eigenvalue weighted by Crippen LogP contribution is -2.16. The van der Waals surface area contributed by atoms with Gasteiger partial charge in [0.05, 0.1) is 6.33 Å². The number of carbonyl (C=O) groups is 2. The Morgan fingerprint density at radius 3 is 2.95 bits per heavy atom. The topological polar surface area (TPSA) is 119 Å². The number of aliphatic carboxylic acids is 1. The summed E-state index contributed by atoms with van der Waals surface area (Å²) in [4.78, 5) is 34.2.